The van der Waals surface area contributed by atoms with E-state index in [2.05, 4.69) is 126 Å². The number of benzene rings is 2. The molecule has 0 saturated heterocycles. The molecule has 244 valence electrons. The summed E-state index contributed by atoms with van der Waals surface area (Å²) in [7, 11) is -4.04. The van der Waals surface area contributed by atoms with Gasteiger partial charge in [-0.25, -0.2) is 0 Å². The van der Waals surface area contributed by atoms with E-state index >= 15 is 0 Å². The fraction of sp³-hybridized carbons (Fsp3) is 0.659. The van der Waals surface area contributed by atoms with Crippen LogP contribution in [0.25, 0.3) is 0 Å². The lowest BCUT2D eigenvalue weighted by atomic mass is 9.44. The molecule has 45 heavy (non-hydrogen) atoms. The van der Waals surface area contributed by atoms with E-state index in [-0.39, 0.29) is 10.5 Å². The number of rotatable bonds is 5. The minimum atomic E-state index is -2.55. The highest BCUT2D eigenvalue weighted by atomic mass is 28.4. The molecule has 4 saturated carbocycles. The fourth-order valence-corrected chi connectivity index (χ4v) is 16.5. The van der Waals surface area contributed by atoms with Crippen LogP contribution in [0.5, 0.6) is 0 Å². The predicted octanol–water partition coefficient (Wildman–Crippen LogP) is 8.83. The van der Waals surface area contributed by atoms with E-state index in [9.17, 15) is 5.11 Å². The van der Waals surface area contributed by atoms with Gasteiger partial charge in [0.25, 0.3) is 8.32 Å². The van der Waals surface area contributed by atoms with Gasteiger partial charge in [-0.3, -0.25) is 0 Å². The van der Waals surface area contributed by atoms with Crippen molar-refractivity contribution in [1.29, 1.82) is 0 Å². The van der Waals surface area contributed by atoms with Gasteiger partial charge in [0, 0.05) is 12.0 Å². The lowest BCUT2D eigenvalue weighted by Crippen LogP contribution is -2.68. The van der Waals surface area contributed by atoms with E-state index in [1.165, 1.54) is 61.7 Å². The van der Waals surface area contributed by atoms with E-state index in [0.717, 1.165) is 30.1 Å². The average molecular weight is 641 g/mol. The molecule has 0 bridgehead atoms. The summed E-state index contributed by atoms with van der Waals surface area (Å²) >= 11 is 0. The predicted molar refractivity (Wildman–Crippen MR) is 195 cm³/mol. The number of aliphatic hydroxyl groups excluding tert-OH is 1. The second-order valence-electron chi connectivity index (χ2n) is 18.0. The number of hydrogen-bond donors (Lipinski definition) is 1. The Hall–Kier alpha value is -1.65. The van der Waals surface area contributed by atoms with Crippen LogP contribution in [-0.2, 0) is 4.43 Å². The van der Waals surface area contributed by atoms with Gasteiger partial charge in [0.2, 0.25) is 0 Å². The van der Waals surface area contributed by atoms with Crippen LogP contribution in [0, 0.1) is 51.9 Å². The zero-order valence-corrected chi connectivity index (χ0v) is 31.5. The van der Waals surface area contributed by atoms with Crippen LogP contribution in [0.1, 0.15) is 92.4 Å². The van der Waals surface area contributed by atoms with Crippen molar-refractivity contribution < 1.29 is 9.53 Å². The van der Waals surface area contributed by atoms with E-state index in [0.29, 0.717) is 17.4 Å². The van der Waals surface area contributed by atoms with Crippen LogP contribution >= 0.6 is 0 Å². The summed E-state index contributed by atoms with van der Waals surface area (Å²) in [6.45, 7) is 19.3. The Morgan fingerprint density at radius 3 is 1.93 bits per heavy atom. The molecular weight excluding hydrogens is 581 g/mol. The van der Waals surface area contributed by atoms with Gasteiger partial charge in [0.1, 0.15) is 14.2 Å². The molecule has 9 atom stereocenters. The van der Waals surface area contributed by atoms with Crippen molar-refractivity contribution in [1.82, 2.24) is 0 Å². The summed E-state index contributed by atoms with van der Waals surface area (Å²) in [5, 5.41) is 14.2. The summed E-state index contributed by atoms with van der Waals surface area (Å²) < 4.78 is 7.72. The van der Waals surface area contributed by atoms with Gasteiger partial charge in [-0.05, 0) is 108 Å². The maximum atomic E-state index is 11.3. The second-order valence-corrected chi connectivity index (χ2v) is 27.0. The molecule has 4 unspecified atom stereocenters. The molecule has 4 fully saturated rings. The van der Waals surface area contributed by atoms with Gasteiger partial charge >= 0.3 is 0 Å². The van der Waals surface area contributed by atoms with E-state index in [1.54, 1.807) is 0 Å². The molecule has 0 aromatic heterocycles. The summed E-state index contributed by atoms with van der Waals surface area (Å²) in [5.41, 5.74) is 4.14. The molecule has 6 rings (SSSR count). The molecule has 4 aliphatic carbocycles. The van der Waals surface area contributed by atoms with Crippen LogP contribution in [0.4, 0.5) is 0 Å². The first-order valence-corrected chi connectivity index (χ1v) is 23.6. The minimum Gasteiger partial charge on any atom is -0.404 e. The fourth-order valence-electron chi connectivity index (χ4n) is 11.2. The Morgan fingerprint density at radius 2 is 1.36 bits per heavy atom. The van der Waals surface area contributed by atoms with Crippen LogP contribution in [0.15, 0.2) is 60.7 Å². The Labute approximate surface area is 277 Å². The first-order valence-electron chi connectivity index (χ1n) is 18.2. The molecule has 4 aliphatic rings. The molecule has 0 amide bonds. The van der Waals surface area contributed by atoms with Crippen molar-refractivity contribution >= 4 is 26.8 Å². The monoisotopic (exact) mass is 640 g/mol. The smallest absolute Gasteiger partial charge is 0.261 e. The third-order valence-electron chi connectivity index (χ3n) is 13.4. The summed E-state index contributed by atoms with van der Waals surface area (Å²) in [6.07, 6.45) is 11.3. The normalized spacial score (nSPS) is 35.8. The van der Waals surface area contributed by atoms with Crippen molar-refractivity contribution in [3.8, 4) is 11.5 Å². The molecule has 0 aliphatic heterocycles. The standard InChI is InChI=1S/C41H60O2Si2/c1-39(2,3)45(32-15-11-9-12-16-32,33-17-13-10-14-18-33)43-31-23-26-40(4)30(29-31)19-20-34-35-21-22-37(38(42)25-28-44(6,7)8)41(35,5)27-24-36(34)40/h9-18,30-31,34-38,42H,19-24,26-27,29H2,1-8H3/t30?,31?,34-,35-,36+,37?,38?,40-,41-/m0/s1. The highest BCUT2D eigenvalue weighted by Crippen LogP contribution is 2.68. The van der Waals surface area contributed by atoms with Crippen LogP contribution < -0.4 is 10.4 Å². The molecular formula is C41H60O2Si2. The molecule has 1 N–H and O–H groups in total. The van der Waals surface area contributed by atoms with E-state index < -0.39 is 22.5 Å². The van der Waals surface area contributed by atoms with Crippen LogP contribution in [-0.4, -0.2) is 33.7 Å². The summed E-state index contributed by atoms with van der Waals surface area (Å²) in [6, 6.07) is 22.5. The van der Waals surface area contributed by atoms with E-state index in [4.69, 9.17) is 4.43 Å². The topological polar surface area (TPSA) is 29.5 Å². The molecule has 2 aromatic carbocycles. The zero-order chi connectivity index (χ0) is 32.3. The van der Waals surface area contributed by atoms with Crippen molar-refractivity contribution in [3.05, 3.63) is 60.7 Å². The molecule has 2 aromatic rings. The summed E-state index contributed by atoms with van der Waals surface area (Å²) in [4.78, 5) is 0. The number of aliphatic hydroxyl groups is 1. The second kappa shape index (κ2) is 12.1. The van der Waals surface area contributed by atoms with Gasteiger partial charge in [0.05, 0.1) is 0 Å². The highest BCUT2D eigenvalue weighted by Gasteiger charge is 2.61. The summed E-state index contributed by atoms with van der Waals surface area (Å²) in [5.74, 6) is 6.81. The van der Waals surface area contributed by atoms with Crippen molar-refractivity contribution in [3.63, 3.8) is 0 Å². The largest absolute Gasteiger partial charge is 0.404 e. The maximum Gasteiger partial charge on any atom is 0.261 e. The molecule has 2 nitrogen and oxygen atoms in total. The first kappa shape index (κ1) is 33.3. The van der Waals surface area contributed by atoms with Gasteiger partial charge in [-0.15, -0.1) is 5.54 Å². The Bertz CT molecular complexity index is 1340. The minimum absolute atomic E-state index is 0.0188. The number of fused-ring (bicyclic) bond motifs is 5. The average Bonchev–Trinajstić information content (AvgIpc) is 3.36. The molecule has 0 radical (unpaired) electrons. The van der Waals surface area contributed by atoms with E-state index in [1.807, 2.05) is 0 Å². The maximum absolute atomic E-state index is 11.3. The Kier molecular flexibility index (Phi) is 8.95. The van der Waals surface area contributed by atoms with Gasteiger partial charge in [-0.2, -0.15) is 0 Å². The first-order chi connectivity index (χ1) is 21.2. The van der Waals surface area contributed by atoms with Crippen molar-refractivity contribution in [2.45, 2.75) is 129 Å². The van der Waals surface area contributed by atoms with Crippen molar-refractivity contribution in [2.24, 2.45) is 40.4 Å². The van der Waals surface area contributed by atoms with Gasteiger partial charge < -0.3 is 9.53 Å². The Morgan fingerprint density at radius 1 is 0.778 bits per heavy atom. The lowest BCUT2D eigenvalue weighted by Gasteiger charge is -2.61. The third-order valence-corrected chi connectivity index (χ3v) is 19.4. The third kappa shape index (κ3) is 5.87. The Balaban J connectivity index is 1.22. The highest BCUT2D eigenvalue weighted by molar-refractivity contribution is 6.99. The molecule has 4 heteroatoms. The lowest BCUT2D eigenvalue weighted by molar-refractivity contribution is -0.129. The molecule has 0 spiro atoms. The van der Waals surface area contributed by atoms with Gasteiger partial charge in [-0.1, -0.05) is 121 Å². The van der Waals surface area contributed by atoms with Crippen LogP contribution in [0.2, 0.25) is 24.7 Å². The SMILES string of the molecule is CC(C)(C)[Si](OC1CC[C@@]2(C)C(CC[C@@H]3[C@H]2CC[C@]2(C)C(C(O)C#C[Si](C)(C)C)CC[C@@H]32)C1)(c1ccccc1)c1ccccc1. The van der Waals surface area contributed by atoms with Crippen molar-refractivity contribution in [2.75, 3.05) is 0 Å². The molecule has 0 heterocycles. The van der Waals surface area contributed by atoms with Gasteiger partial charge in [0.15, 0.2) is 0 Å². The number of hydrogen-bond acceptors (Lipinski definition) is 2. The zero-order valence-electron chi connectivity index (χ0n) is 29.5. The quantitative estimate of drug-likeness (QED) is 0.261. The van der Waals surface area contributed by atoms with Crippen LogP contribution in [0.3, 0.4) is 0 Å².